The van der Waals surface area contributed by atoms with E-state index in [9.17, 15) is 13.2 Å². The highest BCUT2D eigenvalue weighted by molar-refractivity contribution is 7.93. The van der Waals surface area contributed by atoms with Gasteiger partial charge < -0.3 is 10.1 Å². The maximum atomic E-state index is 13.0. The molecule has 9 heteroatoms. The van der Waals surface area contributed by atoms with E-state index in [4.69, 9.17) is 16.3 Å². The third-order valence-corrected chi connectivity index (χ3v) is 6.96. The third kappa shape index (κ3) is 4.29. The van der Waals surface area contributed by atoms with Crippen molar-refractivity contribution in [2.75, 3.05) is 11.9 Å². The van der Waals surface area contributed by atoms with Crippen LogP contribution in [0.5, 0.6) is 0 Å². The molecular formula is C18H15ClN2O4S2. The first-order valence-corrected chi connectivity index (χ1v) is 10.6. The average Bonchev–Trinajstić information content (AvgIpc) is 3.09. The Balaban J connectivity index is 2.05. The van der Waals surface area contributed by atoms with Crippen LogP contribution in [0.2, 0.25) is 5.02 Å². The minimum Gasteiger partial charge on any atom is -0.461 e. The van der Waals surface area contributed by atoms with Crippen LogP contribution < -0.4 is 5.32 Å². The fourth-order valence-electron chi connectivity index (χ4n) is 2.23. The maximum absolute atomic E-state index is 13.0. The standard InChI is InChI=1S/C18H15ClN2O4S2/c1-2-25-16(22)15-17(27(23,24)14-6-4-3-5-7-14)26-18(21-15)20-13-10-8-12(19)9-11-13/h3-11H,2H2,1H3,(H,20,21). The van der Waals surface area contributed by atoms with Gasteiger partial charge in [-0.2, -0.15) is 0 Å². The summed E-state index contributed by atoms with van der Waals surface area (Å²) in [7, 11) is -3.92. The molecule has 0 aliphatic rings. The molecule has 0 bridgehead atoms. The molecule has 3 aromatic rings. The number of ether oxygens (including phenoxy) is 1. The number of halogens is 1. The summed E-state index contributed by atoms with van der Waals surface area (Å²) in [6.07, 6.45) is 0. The molecule has 2 aromatic carbocycles. The molecule has 0 aliphatic carbocycles. The van der Waals surface area contributed by atoms with E-state index in [1.54, 1.807) is 49.4 Å². The number of nitrogens with zero attached hydrogens (tertiary/aromatic N) is 1. The quantitative estimate of drug-likeness (QED) is 0.586. The lowest BCUT2D eigenvalue weighted by Gasteiger charge is -2.04. The van der Waals surface area contributed by atoms with Gasteiger partial charge in [0.1, 0.15) is 0 Å². The Morgan fingerprint density at radius 2 is 1.81 bits per heavy atom. The fraction of sp³-hybridized carbons (Fsp3) is 0.111. The zero-order chi connectivity index (χ0) is 19.4. The Kier molecular flexibility index (Phi) is 5.79. The lowest BCUT2D eigenvalue weighted by molar-refractivity contribution is 0.0516. The number of rotatable bonds is 6. The fourth-order valence-corrected chi connectivity index (χ4v) is 5.14. The molecule has 0 fully saturated rings. The van der Waals surface area contributed by atoms with Gasteiger partial charge in [-0.3, -0.25) is 0 Å². The van der Waals surface area contributed by atoms with Crippen molar-refractivity contribution in [3.8, 4) is 0 Å². The van der Waals surface area contributed by atoms with Crippen molar-refractivity contribution in [3.05, 3.63) is 65.3 Å². The van der Waals surface area contributed by atoms with E-state index < -0.39 is 15.8 Å². The molecule has 0 saturated carbocycles. The van der Waals surface area contributed by atoms with Crippen LogP contribution in [0.3, 0.4) is 0 Å². The first-order chi connectivity index (χ1) is 12.9. The Morgan fingerprint density at radius 3 is 2.44 bits per heavy atom. The van der Waals surface area contributed by atoms with E-state index >= 15 is 0 Å². The van der Waals surface area contributed by atoms with Crippen LogP contribution in [0.15, 0.2) is 63.7 Å². The average molecular weight is 423 g/mol. The highest BCUT2D eigenvalue weighted by atomic mass is 35.5. The Bertz CT molecular complexity index is 1050. The summed E-state index contributed by atoms with van der Waals surface area (Å²) in [6.45, 7) is 1.75. The van der Waals surface area contributed by atoms with E-state index in [0.717, 1.165) is 11.3 Å². The molecule has 0 aliphatic heterocycles. The second-order valence-electron chi connectivity index (χ2n) is 5.32. The van der Waals surface area contributed by atoms with E-state index in [2.05, 4.69) is 10.3 Å². The molecule has 0 saturated heterocycles. The van der Waals surface area contributed by atoms with Gasteiger partial charge in [-0.25, -0.2) is 18.2 Å². The minimum atomic E-state index is -3.92. The topological polar surface area (TPSA) is 85.4 Å². The Hall–Kier alpha value is -2.42. The summed E-state index contributed by atoms with van der Waals surface area (Å²) in [6, 6.07) is 14.7. The van der Waals surface area contributed by atoms with Gasteiger partial charge >= 0.3 is 5.97 Å². The van der Waals surface area contributed by atoms with E-state index in [0.29, 0.717) is 10.7 Å². The molecule has 1 heterocycles. The van der Waals surface area contributed by atoms with Gasteiger partial charge in [0.05, 0.1) is 11.5 Å². The van der Waals surface area contributed by atoms with Gasteiger partial charge in [-0.05, 0) is 43.3 Å². The number of aromatic nitrogens is 1. The third-order valence-electron chi connectivity index (χ3n) is 3.46. The molecule has 27 heavy (non-hydrogen) atoms. The van der Waals surface area contributed by atoms with Gasteiger partial charge in [0.2, 0.25) is 9.84 Å². The molecule has 140 valence electrons. The predicted molar refractivity (Wildman–Crippen MR) is 105 cm³/mol. The number of hydrogen-bond donors (Lipinski definition) is 1. The van der Waals surface area contributed by atoms with Gasteiger partial charge in [0.25, 0.3) is 0 Å². The highest BCUT2D eigenvalue weighted by Gasteiger charge is 2.30. The number of thiazole rings is 1. The number of anilines is 2. The minimum absolute atomic E-state index is 0.0808. The van der Waals surface area contributed by atoms with Gasteiger partial charge in [-0.15, -0.1) is 0 Å². The molecule has 1 aromatic heterocycles. The number of esters is 1. The summed E-state index contributed by atoms with van der Waals surface area (Å²) in [5.41, 5.74) is 0.425. The molecule has 6 nitrogen and oxygen atoms in total. The van der Waals surface area contributed by atoms with Gasteiger partial charge in [-0.1, -0.05) is 41.1 Å². The molecule has 0 radical (unpaired) electrons. The molecule has 3 rings (SSSR count). The smallest absolute Gasteiger partial charge is 0.359 e. The van der Waals surface area contributed by atoms with E-state index in [1.165, 1.54) is 12.1 Å². The molecule has 0 spiro atoms. The molecule has 1 N–H and O–H groups in total. The summed E-state index contributed by atoms with van der Waals surface area (Å²) < 4.78 is 30.8. The molecule has 0 amide bonds. The zero-order valence-electron chi connectivity index (χ0n) is 14.2. The SMILES string of the molecule is CCOC(=O)c1nc(Nc2ccc(Cl)cc2)sc1S(=O)(=O)c1ccccc1. The van der Waals surface area contributed by atoms with Gasteiger partial charge in [0.15, 0.2) is 15.0 Å². The van der Waals surface area contributed by atoms with Crippen molar-refractivity contribution in [2.45, 2.75) is 16.0 Å². The number of benzene rings is 2. The summed E-state index contributed by atoms with van der Waals surface area (Å²) in [4.78, 5) is 16.5. The predicted octanol–water partition coefficient (Wildman–Crippen LogP) is 4.55. The van der Waals surface area contributed by atoms with Crippen molar-refractivity contribution in [1.29, 1.82) is 0 Å². The lowest BCUT2D eigenvalue weighted by atomic mass is 10.3. The Labute approximate surface area is 165 Å². The van der Waals surface area contributed by atoms with Crippen LogP contribution in [-0.2, 0) is 14.6 Å². The summed E-state index contributed by atoms with van der Waals surface area (Å²) in [5, 5.41) is 3.82. The number of sulfone groups is 1. The largest absolute Gasteiger partial charge is 0.461 e. The molecular weight excluding hydrogens is 408 g/mol. The molecule has 0 unspecified atom stereocenters. The van der Waals surface area contributed by atoms with Crippen LogP contribution in [0.25, 0.3) is 0 Å². The zero-order valence-corrected chi connectivity index (χ0v) is 16.6. The second-order valence-corrected chi connectivity index (χ2v) is 8.90. The monoisotopic (exact) mass is 422 g/mol. The van der Waals surface area contributed by atoms with Crippen molar-refractivity contribution < 1.29 is 17.9 Å². The van der Waals surface area contributed by atoms with Crippen molar-refractivity contribution >= 4 is 49.6 Å². The normalized spacial score (nSPS) is 11.2. The summed E-state index contributed by atoms with van der Waals surface area (Å²) in [5.74, 6) is -0.785. The van der Waals surface area contributed by atoms with E-state index in [1.807, 2.05) is 0 Å². The van der Waals surface area contributed by atoms with Crippen LogP contribution >= 0.6 is 22.9 Å². The van der Waals surface area contributed by atoms with Crippen LogP contribution in [0, 0.1) is 0 Å². The number of carbonyl (C=O) groups is 1. The van der Waals surface area contributed by atoms with Crippen LogP contribution in [0.4, 0.5) is 10.8 Å². The highest BCUT2D eigenvalue weighted by Crippen LogP contribution is 2.34. The van der Waals surface area contributed by atoms with Crippen LogP contribution in [-0.4, -0.2) is 26.0 Å². The lowest BCUT2D eigenvalue weighted by Crippen LogP contribution is -2.11. The van der Waals surface area contributed by atoms with Crippen molar-refractivity contribution in [1.82, 2.24) is 4.98 Å². The van der Waals surface area contributed by atoms with Crippen LogP contribution in [0.1, 0.15) is 17.4 Å². The number of nitrogens with one attached hydrogen (secondary N) is 1. The van der Waals surface area contributed by atoms with Crippen molar-refractivity contribution in [2.24, 2.45) is 0 Å². The first kappa shape index (κ1) is 19.3. The maximum Gasteiger partial charge on any atom is 0.359 e. The number of hydrogen-bond acceptors (Lipinski definition) is 7. The molecule has 0 atom stereocenters. The summed E-state index contributed by atoms with van der Waals surface area (Å²) >= 11 is 6.74. The number of carbonyl (C=O) groups excluding carboxylic acids is 1. The van der Waals surface area contributed by atoms with Gasteiger partial charge in [0, 0.05) is 10.7 Å². The Morgan fingerprint density at radius 1 is 1.15 bits per heavy atom. The first-order valence-electron chi connectivity index (χ1n) is 7.92. The van der Waals surface area contributed by atoms with E-state index in [-0.39, 0.29) is 26.5 Å². The second kappa shape index (κ2) is 8.08. The van der Waals surface area contributed by atoms with Crippen molar-refractivity contribution in [3.63, 3.8) is 0 Å².